The van der Waals surface area contributed by atoms with Gasteiger partial charge < -0.3 is 15.0 Å². The van der Waals surface area contributed by atoms with Crippen LogP contribution in [0.5, 0.6) is 0 Å². The second-order valence-corrected chi connectivity index (χ2v) is 5.53. The maximum Gasteiger partial charge on any atom is 0.332 e. The number of carbonyl (C=O) groups excluding carboxylic acids is 1. The van der Waals surface area contributed by atoms with E-state index in [2.05, 4.69) is 17.1 Å². The Hall–Kier alpha value is -1.55. The fraction of sp³-hybridized carbons (Fsp3) is 0.533. The van der Waals surface area contributed by atoms with E-state index < -0.39 is 5.54 Å². The minimum absolute atomic E-state index is 0.190. The molecule has 2 unspecified atom stereocenters. The first-order valence-corrected chi connectivity index (χ1v) is 6.60. The van der Waals surface area contributed by atoms with Gasteiger partial charge in [0.1, 0.15) is 5.54 Å². The Morgan fingerprint density at radius 1 is 1.42 bits per heavy atom. The smallest absolute Gasteiger partial charge is 0.332 e. The lowest BCUT2D eigenvalue weighted by Crippen LogP contribution is -2.49. The number of methoxy groups -OCH3 is 1. The van der Waals surface area contributed by atoms with Crippen LogP contribution in [0.3, 0.4) is 0 Å². The number of hydrogen-bond acceptors (Lipinski definition) is 4. The van der Waals surface area contributed by atoms with Crippen LogP contribution in [0.25, 0.3) is 0 Å². The van der Waals surface area contributed by atoms with Gasteiger partial charge in [0.15, 0.2) is 0 Å². The highest BCUT2D eigenvalue weighted by Crippen LogP contribution is 2.30. The molecule has 2 atom stereocenters. The average molecular weight is 262 g/mol. The molecule has 1 aromatic carbocycles. The number of esters is 1. The van der Waals surface area contributed by atoms with E-state index in [1.165, 1.54) is 12.7 Å². The molecule has 104 valence electrons. The van der Waals surface area contributed by atoms with Crippen molar-refractivity contribution in [3.63, 3.8) is 0 Å². The summed E-state index contributed by atoms with van der Waals surface area (Å²) in [5, 5.41) is 3.38. The van der Waals surface area contributed by atoms with E-state index in [9.17, 15) is 4.79 Å². The lowest BCUT2D eigenvalue weighted by atomic mass is 9.95. The molecule has 0 saturated carbocycles. The number of ether oxygens (including phenoxy) is 1. The number of hydrogen-bond donors (Lipinski definition) is 1. The van der Waals surface area contributed by atoms with Crippen LogP contribution in [-0.2, 0) is 9.53 Å². The van der Waals surface area contributed by atoms with E-state index in [1.807, 2.05) is 38.2 Å². The molecule has 0 radical (unpaired) electrons. The normalized spacial score (nSPS) is 27.3. The molecule has 1 fully saturated rings. The van der Waals surface area contributed by atoms with Gasteiger partial charge in [-0.15, -0.1) is 0 Å². The molecule has 0 spiro atoms. The van der Waals surface area contributed by atoms with Crippen LogP contribution in [0, 0.1) is 6.92 Å². The third kappa shape index (κ3) is 2.73. The molecule has 1 heterocycles. The maximum atomic E-state index is 12.2. The second-order valence-electron chi connectivity index (χ2n) is 5.53. The summed E-state index contributed by atoms with van der Waals surface area (Å²) < 4.78 is 5.00. The fourth-order valence-electron chi connectivity index (χ4n) is 2.70. The molecule has 4 nitrogen and oxygen atoms in total. The first kappa shape index (κ1) is 13.9. The summed E-state index contributed by atoms with van der Waals surface area (Å²) in [6.07, 6.45) is 0.754. The van der Waals surface area contributed by atoms with E-state index in [0.29, 0.717) is 12.6 Å². The second kappa shape index (κ2) is 5.21. The van der Waals surface area contributed by atoms with Crippen molar-refractivity contribution in [1.29, 1.82) is 0 Å². The van der Waals surface area contributed by atoms with Crippen molar-refractivity contribution in [3.8, 4) is 0 Å². The Bertz CT molecular complexity index is 446. The van der Waals surface area contributed by atoms with Gasteiger partial charge in [-0.1, -0.05) is 17.7 Å². The quantitative estimate of drug-likeness (QED) is 0.846. The van der Waals surface area contributed by atoms with Crippen LogP contribution >= 0.6 is 0 Å². The predicted molar refractivity (Wildman–Crippen MR) is 76.3 cm³/mol. The summed E-state index contributed by atoms with van der Waals surface area (Å²) in [4.78, 5) is 14.4. The van der Waals surface area contributed by atoms with Crippen molar-refractivity contribution in [2.24, 2.45) is 0 Å². The van der Waals surface area contributed by atoms with E-state index in [0.717, 1.165) is 12.1 Å². The topological polar surface area (TPSA) is 41.6 Å². The van der Waals surface area contributed by atoms with E-state index in [4.69, 9.17) is 4.74 Å². The summed E-state index contributed by atoms with van der Waals surface area (Å²) in [7, 11) is 3.48. The molecule has 2 rings (SSSR count). The van der Waals surface area contributed by atoms with Crippen LogP contribution in [0.2, 0.25) is 0 Å². The van der Waals surface area contributed by atoms with Crippen LogP contribution in [0.4, 0.5) is 5.69 Å². The Balaban J connectivity index is 2.24. The molecule has 0 aliphatic carbocycles. The van der Waals surface area contributed by atoms with E-state index in [-0.39, 0.29) is 5.97 Å². The summed E-state index contributed by atoms with van der Waals surface area (Å²) >= 11 is 0. The highest BCUT2D eigenvalue weighted by Gasteiger charge is 2.47. The summed E-state index contributed by atoms with van der Waals surface area (Å²) in [6, 6.07) is 8.44. The molecule has 1 saturated heterocycles. The molecule has 0 aromatic heterocycles. The van der Waals surface area contributed by atoms with Crippen LogP contribution in [0.15, 0.2) is 24.3 Å². The first-order valence-electron chi connectivity index (χ1n) is 6.60. The fourth-order valence-corrected chi connectivity index (χ4v) is 2.70. The third-order valence-corrected chi connectivity index (χ3v) is 3.93. The van der Waals surface area contributed by atoms with Gasteiger partial charge in [0.25, 0.3) is 0 Å². The Kier molecular flexibility index (Phi) is 3.80. The molecular weight excluding hydrogens is 240 g/mol. The monoisotopic (exact) mass is 262 g/mol. The van der Waals surface area contributed by atoms with E-state index >= 15 is 0 Å². The van der Waals surface area contributed by atoms with Gasteiger partial charge >= 0.3 is 5.97 Å². The van der Waals surface area contributed by atoms with Crippen molar-refractivity contribution in [3.05, 3.63) is 29.8 Å². The van der Waals surface area contributed by atoms with Crippen LogP contribution in [-0.4, -0.2) is 43.2 Å². The molecule has 0 amide bonds. The minimum Gasteiger partial charge on any atom is -0.467 e. The van der Waals surface area contributed by atoms with Gasteiger partial charge in [0, 0.05) is 18.3 Å². The molecule has 1 aliphatic rings. The number of likely N-dealkylation sites (tertiary alicyclic amines) is 1. The highest BCUT2D eigenvalue weighted by atomic mass is 16.5. The minimum atomic E-state index is -0.641. The third-order valence-electron chi connectivity index (χ3n) is 3.93. The Morgan fingerprint density at radius 3 is 2.53 bits per heavy atom. The number of nitrogens with one attached hydrogen (secondary N) is 1. The van der Waals surface area contributed by atoms with Crippen molar-refractivity contribution in [1.82, 2.24) is 4.90 Å². The van der Waals surface area contributed by atoms with E-state index in [1.54, 1.807) is 0 Å². The predicted octanol–water partition coefficient (Wildman–Crippen LogP) is 2.04. The molecule has 1 aliphatic heterocycles. The lowest BCUT2D eigenvalue weighted by molar-refractivity contribution is -0.145. The standard InChI is InChI=1S/C15H22N2O2/c1-11-5-7-13(8-6-11)16-15(14(18)19-4)9-12(2)17(3)10-15/h5-8,12,16H,9-10H2,1-4H3. The average Bonchev–Trinajstić information content (AvgIpc) is 2.68. The van der Waals surface area contributed by atoms with Gasteiger partial charge in [0.2, 0.25) is 0 Å². The number of rotatable bonds is 3. The molecule has 1 N–H and O–H groups in total. The number of likely N-dealkylation sites (N-methyl/N-ethyl adjacent to an activating group) is 1. The molecule has 19 heavy (non-hydrogen) atoms. The van der Waals surface area contributed by atoms with Gasteiger partial charge in [-0.05, 0) is 39.4 Å². The van der Waals surface area contributed by atoms with Gasteiger partial charge in [0.05, 0.1) is 7.11 Å². The maximum absolute atomic E-state index is 12.2. The number of aryl methyl sites for hydroxylation is 1. The summed E-state index contributed by atoms with van der Waals surface area (Å²) in [5.74, 6) is -0.190. The van der Waals surface area contributed by atoms with Crippen molar-refractivity contribution in [2.45, 2.75) is 31.8 Å². The molecule has 1 aromatic rings. The number of benzene rings is 1. The van der Waals surface area contributed by atoms with Crippen molar-refractivity contribution < 1.29 is 9.53 Å². The van der Waals surface area contributed by atoms with Gasteiger partial charge in [-0.2, -0.15) is 0 Å². The number of nitrogens with zero attached hydrogens (tertiary/aromatic N) is 1. The number of carbonyl (C=O) groups is 1. The zero-order valence-electron chi connectivity index (χ0n) is 12.1. The first-order chi connectivity index (χ1) is 8.97. The SMILES string of the molecule is COC(=O)C1(Nc2ccc(C)cc2)CC(C)N(C)C1. The zero-order chi connectivity index (χ0) is 14.0. The Morgan fingerprint density at radius 2 is 2.05 bits per heavy atom. The van der Waals surface area contributed by atoms with Gasteiger partial charge in [-0.25, -0.2) is 4.79 Å². The summed E-state index contributed by atoms with van der Waals surface area (Å²) in [6.45, 7) is 4.83. The van der Waals surface area contributed by atoms with Crippen molar-refractivity contribution in [2.75, 3.05) is 26.0 Å². The zero-order valence-corrected chi connectivity index (χ0v) is 12.1. The molecule has 4 heteroatoms. The van der Waals surface area contributed by atoms with Gasteiger partial charge in [-0.3, -0.25) is 0 Å². The molecule has 0 bridgehead atoms. The van der Waals surface area contributed by atoms with Crippen LogP contribution < -0.4 is 5.32 Å². The largest absolute Gasteiger partial charge is 0.467 e. The highest BCUT2D eigenvalue weighted by molar-refractivity contribution is 5.85. The van der Waals surface area contributed by atoms with Crippen molar-refractivity contribution >= 4 is 11.7 Å². The number of anilines is 1. The van der Waals surface area contributed by atoms with Crippen LogP contribution in [0.1, 0.15) is 18.9 Å². The molecular formula is C15H22N2O2. The Labute approximate surface area is 114 Å². The summed E-state index contributed by atoms with van der Waals surface area (Å²) in [5.41, 5.74) is 1.52. The lowest BCUT2D eigenvalue weighted by Gasteiger charge is -2.28.